The summed E-state index contributed by atoms with van der Waals surface area (Å²) in [6, 6.07) is 2.25. The second-order valence-electron chi connectivity index (χ2n) is 3.46. The van der Waals surface area contributed by atoms with Gasteiger partial charge in [-0.15, -0.1) is 12.3 Å². The van der Waals surface area contributed by atoms with Gasteiger partial charge in [-0.05, 0) is 57.8 Å². The van der Waals surface area contributed by atoms with Gasteiger partial charge >= 0.3 is 0 Å². The predicted molar refractivity (Wildman–Crippen MR) is 74.1 cm³/mol. The minimum Gasteiger partial charge on any atom is -0.312 e. The molecule has 16 heavy (non-hydrogen) atoms. The van der Waals surface area contributed by atoms with Gasteiger partial charge in [-0.25, -0.2) is 0 Å². The first-order chi connectivity index (χ1) is 7.69. The highest BCUT2D eigenvalue weighted by atomic mass is 79.9. The van der Waals surface area contributed by atoms with Crippen molar-refractivity contribution in [3.8, 4) is 12.3 Å². The molecule has 1 rings (SSSR count). The molecule has 1 aromatic rings. The number of rotatable bonds is 5. The average Bonchev–Trinajstić information content (AvgIpc) is 2.26. The maximum absolute atomic E-state index is 5.24. The van der Waals surface area contributed by atoms with E-state index in [0.717, 1.165) is 33.9 Å². The number of hydrogen-bond donors (Lipinski definition) is 1. The van der Waals surface area contributed by atoms with Crippen molar-refractivity contribution in [3.63, 3.8) is 0 Å². The molecule has 0 amide bonds. The van der Waals surface area contributed by atoms with Gasteiger partial charge in [0.05, 0.1) is 11.7 Å². The number of pyridine rings is 1. The third-order valence-electron chi connectivity index (χ3n) is 2.33. The van der Waals surface area contributed by atoms with Crippen LogP contribution in [0.15, 0.2) is 21.2 Å². The van der Waals surface area contributed by atoms with Gasteiger partial charge in [0.25, 0.3) is 0 Å². The van der Waals surface area contributed by atoms with Gasteiger partial charge in [-0.1, -0.05) is 0 Å². The van der Waals surface area contributed by atoms with Crippen molar-refractivity contribution in [1.82, 2.24) is 10.3 Å². The lowest BCUT2D eigenvalue weighted by molar-refractivity contribution is 0.517. The van der Waals surface area contributed by atoms with Crippen molar-refractivity contribution in [1.29, 1.82) is 0 Å². The molecular formula is C12H14Br2N2. The number of nitrogens with zero attached hydrogens (tertiary/aromatic N) is 1. The fourth-order valence-electron chi connectivity index (χ4n) is 1.51. The van der Waals surface area contributed by atoms with Gasteiger partial charge in [0.1, 0.15) is 0 Å². The van der Waals surface area contributed by atoms with Crippen LogP contribution >= 0.6 is 31.9 Å². The van der Waals surface area contributed by atoms with Crippen molar-refractivity contribution in [2.75, 3.05) is 7.05 Å². The molecule has 1 N–H and O–H groups in total. The van der Waals surface area contributed by atoms with Gasteiger partial charge in [0, 0.05) is 21.6 Å². The summed E-state index contributed by atoms with van der Waals surface area (Å²) < 4.78 is 1.99. The van der Waals surface area contributed by atoms with Gasteiger partial charge in [-0.3, -0.25) is 4.98 Å². The zero-order chi connectivity index (χ0) is 12.0. The molecule has 0 aliphatic rings. The van der Waals surface area contributed by atoms with Crippen molar-refractivity contribution in [2.24, 2.45) is 0 Å². The molecule has 0 radical (unpaired) electrons. The average molecular weight is 346 g/mol. The first-order valence-electron chi connectivity index (χ1n) is 5.10. The molecule has 1 atom stereocenters. The van der Waals surface area contributed by atoms with Crippen LogP contribution in [0.4, 0.5) is 0 Å². The quantitative estimate of drug-likeness (QED) is 0.650. The molecular weight excluding hydrogens is 332 g/mol. The third kappa shape index (κ3) is 3.89. The molecule has 1 unspecified atom stereocenters. The summed E-state index contributed by atoms with van der Waals surface area (Å²) in [5, 5.41) is 3.26. The van der Waals surface area contributed by atoms with Crippen LogP contribution in [-0.2, 0) is 0 Å². The van der Waals surface area contributed by atoms with Gasteiger partial charge in [0.2, 0.25) is 0 Å². The SMILES string of the molecule is C#CCCCC(NC)c1ncc(Br)cc1Br. The largest absolute Gasteiger partial charge is 0.312 e. The summed E-state index contributed by atoms with van der Waals surface area (Å²) in [6.07, 6.45) is 9.87. The summed E-state index contributed by atoms with van der Waals surface area (Å²) in [4.78, 5) is 4.42. The highest BCUT2D eigenvalue weighted by molar-refractivity contribution is 9.11. The molecule has 1 aromatic heterocycles. The first-order valence-corrected chi connectivity index (χ1v) is 6.69. The fraction of sp³-hybridized carbons (Fsp3) is 0.417. The van der Waals surface area contributed by atoms with Crippen LogP contribution in [0.5, 0.6) is 0 Å². The summed E-state index contributed by atoms with van der Waals surface area (Å²) in [5.74, 6) is 2.65. The molecule has 4 heteroatoms. The molecule has 0 aromatic carbocycles. The van der Waals surface area contributed by atoms with Crippen LogP contribution < -0.4 is 5.32 Å². The van der Waals surface area contributed by atoms with Crippen molar-refractivity contribution in [3.05, 3.63) is 26.9 Å². The molecule has 0 aliphatic carbocycles. The van der Waals surface area contributed by atoms with Gasteiger partial charge < -0.3 is 5.32 Å². The van der Waals surface area contributed by atoms with E-state index in [-0.39, 0.29) is 6.04 Å². The van der Waals surface area contributed by atoms with E-state index in [1.807, 2.05) is 19.3 Å². The zero-order valence-electron chi connectivity index (χ0n) is 9.13. The lowest BCUT2D eigenvalue weighted by Gasteiger charge is -2.16. The monoisotopic (exact) mass is 344 g/mol. The Morgan fingerprint density at radius 2 is 2.31 bits per heavy atom. The Bertz CT molecular complexity index is 385. The third-order valence-corrected chi connectivity index (χ3v) is 3.40. The molecule has 0 saturated heterocycles. The van der Waals surface area contributed by atoms with E-state index < -0.39 is 0 Å². The van der Waals surface area contributed by atoms with E-state index in [4.69, 9.17) is 6.42 Å². The van der Waals surface area contributed by atoms with Crippen molar-refractivity contribution < 1.29 is 0 Å². The van der Waals surface area contributed by atoms with Crippen LogP contribution in [0.25, 0.3) is 0 Å². The molecule has 0 aliphatic heterocycles. The van der Waals surface area contributed by atoms with Crippen molar-refractivity contribution >= 4 is 31.9 Å². The van der Waals surface area contributed by atoms with E-state index in [2.05, 4.69) is 48.1 Å². The standard InChI is InChI=1S/C12H14Br2N2/c1-3-4-5-6-11(15-2)12-10(14)7-9(13)8-16-12/h1,7-8,11,15H,4-6H2,2H3. The highest BCUT2D eigenvalue weighted by Gasteiger charge is 2.13. The molecule has 0 saturated carbocycles. The normalized spacial score (nSPS) is 12.1. The Labute approximate surface area is 113 Å². The smallest absolute Gasteiger partial charge is 0.0715 e. The molecule has 2 nitrogen and oxygen atoms in total. The Morgan fingerprint density at radius 1 is 1.56 bits per heavy atom. The number of aromatic nitrogens is 1. The zero-order valence-corrected chi connectivity index (χ0v) is 12.3. The van der Waals surface area contributed by atoms with E-state index in [9.17, 15) is 0 Å². The van der Waals surface area contributed by atoms with Crippen LogP contribution in [-0.4, -0.2) is 12.0 Å². The number of terminal acetylenes is 1. The van der Waals surface area contributed by atoms with Gasteiger partial charge in [0.15, 0.2) is 0 Å². The Morgan fingerprint density at radius 3 is 2.88 bits per heavy atom. The number of unbranched alkanes of at least 4 members (excludes halogenated alkanes) is 1. The number of halogens is 2. The second kappa shape index (κ2) is 7.05. The summed E-state index contributed by atoms with van der Waals surface area (Å²) in [7, 11) is 1.94. The Balaban J connectivity index is 2.75. The van der Waals surface area contributed by atoms with Crippen LogP contribution in [0.1, 0.15) is 31.0 Å². The number of hydrogen-bond acceptors (Lipinski definition) is 2. The summed E-state index contributed by atoms with van der Waals surface area (Å²) in [6.45, 7) is 0. The minimum absolute atomic E-state index is 0.246. The molecule has 1 heterocycles. The minimum atomic E-state index is 0.246. The van der Waals surface area contributed by atoms with Gasteiger partial charge in [-0.2, -0.15) is 0 Å². The molecule has 0 spiro atoms. The molecule has 0 bridgehead atoms. The molecule has 86 valence electrons. The molecule has 0 fully saturated rings. The Kier molecular flexibility index (Phi) is 6.04. The van der Waals surface area contributed by atoms with Crippen molar-refractivity contribution in [2.45, 2.75) is 25.3 Å². The van der Waals surface area contributed by atoms with E-state index in [0.29, 0.717) is 0 Å². The topological polar surface area (TPSA) is 24.9 Å². The Hall–Kier alpha value is -0.370. The summed E-state index contributed by atoms with van der Waals surface area (Å²) >= 11 is 6.92. The lowest BCUT2D eigenvalue weighted by atomic mass is 10.1. The maximum Gasteiger partial charge on any atom is 0.0715 e. The highest BCUT2D eigenvalue weighted by Crippen LogP contribution is 2.27. The second-order valence-corrected chi connectivity index (χ2v) is 5.23. The lowest BCUT2D eigenvalue weighted by Crippen LogP contribution is -2.18. The first kappa shape index (κ1) is 13.7. The fourth-order valence-corrected chi connectivity index (χ4v) is 2.77. The predicted octanol–water partition coefficient (Wildman–Crippen LogP) is 3.67. The van der Waals surface area contributed by atoms with E-state index in [1.165, 1.54) is 0 Å². The maximum atomic E-state index is 5.24. The van der Waals surface area contributed by atoms with E-state index >= 15 is 0 Å². The number of nitrogens with one attached hydrogen (secondary N) is 1. The van der Waals surface area contributed by atoms with E-state index in [1.54, 1.807) is 0 Å². The van der Waals surface area contributed by atoms with Crippen LogP contribution in [0.3, 0.4) is 0 Å². The van der Waals surface area contributed by atoms with Crippen LogP contribution in [0.2, 0.25) is 0 Å². The summed E-state index contributed by atoms with van der Waals surface area (Å²) in [5.41, 5.74) is 1.03. The van der Waals surface area contributed by atoms with Crippen LogP contribution in [0, 0.1) is 12.3 Å².